The molecule has 0 radical (unpaired) electrons. The van der Waals surface area contributed by atoms with Crippen LogP contribution in [-0.2, 0) is 4.79 Å². The molecule has 0 aliphatic heterocycles. The molecule has 0 amide bonds. The summed E-state index contributed by atoms with van der Waals surface area (Å²) in [5.41, 5.74) is 1.15. The van der Waals surface area contributed by atoms with Gasteiger partial charge < -0.3 is 4.74 Å². The van der Waals surface area contributed by atoms with Crippen LogP contribution in [0.4, 0.5) is 5.69 Å². The van der Waals surface area contributed by atoms with E-state index in [2.05, 4.69) is 4.98 Å². The molecule has 0 fully saturated rings. The summed E-state index contributed by atoms with van der Waals surface area (Å²) >= 11 is 0. The van der Waals surface area contributed by atoms with E-state index in [-0.39, 0.29) is 17.0 Å². The summed E-state index contributed by atoms with van der Waals surface area (Å²) in [4.78, 5) is 27.7. The maximum atomic E-state index is 12.7. The van der Waals surface area contributed by atoms with Crippen molar-refractivity contribution in [1.29, 1.82) is 0 Å². The molecule has 4 rings (SSSR count). The van der Waals surface area contributed by atoms with Gasteiger partial charge in [0.2, 0.25) is 5.75 Å². The highest BCUT2D eigenvalue weighted by Crippen LogP contribution is 2.34. The van der Waals surface area contributed by atoms with Gasteiger partial charge in [-0.25, -0.2) is 4.79 Å². The van der Waals surface area contributed by atoms with Crippen molar-refractivity contribution in [2.24, 2.45) is 0 Å². The molecule has 6 nitrogen and oxygen atoms in total. The molecule has 0 atom stereocenters. The van der Waals surface area contributed by atoms with E-state index in [0.29, 0.717) is 11.0 Å². The molecule has 0 aliphatic carbocycles. The standard InChI is InChI=1S/C23H16N2O4/c1-15(14-18-8-4-7-16-6-2-3-10-19(16)18)23(26)29-22-20(25(27)28)12-11-17-9-5-13-24-21(17)22/h2-14H,1H3/b15-14+. The first-order valence-corrected chi connectivity index (χ1v) is 8.95. The molecule has 142 valence electrons. The van der Waals surface area contributed by atoms with E-state index >= 15 is 0 Å². The summed E-state index contributed by atoms with van der Waals surface area (Å²) in [6.07, 6.45) is 3.22. The molecule has 0 spiro atoms. The zero-order valence-corrected chi connectivity index (χ0v) is 15.5. The number of pyridine rings is 1. The number of benzene rings is 3. The van der Waals surface area contributed by atoms with Gasteiger partial charge in [0.1, 0.15) is 5.52 Å². The molecule has 0 aliphatic rings. The Kier molecular flexibility index (Phi) is 4.75. The number of carbonyl (C=O) groups excluding carboxylic acids is 1. The molecule has 29 heavy (non-hydrogen) atoms. The number of esters is 1. The van der Waals surface area contributed by atoms with Crippen molar-refractivity contribution in [3.05, 3.63) is 94.2 Å². The molecular formula is C23H16N2O4. The number of ether oxygens (including phenoxy) is 1. The summed E-state index contributed by atoms with van der Waals surface area (Å²) < 4.78 is 5.45. The Hall–Kier alpha value is -4.06. The number of hydrogen-bond acceptors (Lipinski definition) is 5. The first-order chi connectivity index (χ1) is 14.0. The van der Waals surface area contributed by atoms with Crippen LogP contribution in [0.3, 0.4) is 0 Å². The van der Waals surface area contributed by atoms with E-state index in [4.69, 9.17) is 4.74 Å². The minimum Gasteiger partial charge on any atom is -0.413 e. The van der Waals surface area contributed by atoms with Gasteiger partial charge in [0.25, 0.3) is 0 Å². The Bertz CT molecular complexity index is 1290. The van der Waals surface area contributed by atoms with Crippen LogP contribution in [0, 0.1) is 10.1 Å². The van der Waals surface area contributed by atoms with Gasteiger partial charge in [-0.3, -0.25) is 15.1 Å². The van der Waals surface area contributed by atoms with Crippen LogP contribution in [0.15, 0.2) is 78.5 Å². The highest BCUT2D eigenvalue weighted by atomic mass is 16.6. The van der Waals surface area contributed by atoms with Gasteiger partial charge in [0.15, 0.2) is 0 Å². The fraction of sp³-hybridized carbons (Fsp3) is 0.0435. The molecule has 0 N–H and O–H groups in total. The zero-order valence-electron chi connectivity index (χ0n) is 15.5. The normalized spacial score (nSPS) is 11.6. The van der Waals surface area contributed by atoms with Crippen LogP contribution in [0.5, 0.6) is 5.75 Å². The molecule has 0 unspecified atom stereocenters. The van der Waals surface area contributed by atoms with Crippen LogP contribution in [0.25, 0.3) is 27.8 Å². The molecule has 0 saturated carbocycles. The number of carbonyl (C=O) groups is 1. The van der Waals surface area contributed by atoms with Gasteiger partial charge in [-0.05, 0) is 41.5 Å². The summed E-state index contributed by atoms with van der Waals surface area (Å²) in [5, 5.41) is 14.1. The maximum Gasteiger partial charge on any atom is 0.339 e. The number of hydrogen-bond donors (Lipinski definition) is 0. The average molecular weight is 384 g/mol. The van der Waals surface area contributed by atoms with Crippen LogP contribution in [0.1, 0.15) is 12.5 Å². The monoisotopic (exact) mass is 384 g/mol. The van der Waals surface area contributed by atoms with Crippen LogP contribution in [-0.4, -0.2) is 15.9 Å². The third-order valence-electron chi connectivity index (χ3n) is 4.62. The number of rotatable bonds is 4. The van der Waals surface area contributed by atoms with Gasteiger partial charge in [-0.2, -0.15) is 0 Å². The summed E-state index contributed by atoms with van der Waals surface area (Å²) in [7, 11) is 0. The average Bonchev–Trinajstić information content (AvgIpc) is 2.74. The Balaban J connectivity index is 1.73. The molecular weight excluding hydrogens is 368 g/mol. The first-order valence-electron chi connectivity index (χ1n) is 8.95. The summed E-state index contributed by atoms with van der Waals surface area (Å²) in [6, 6.07) is 20.0. The van der Waals surface area contributed by atoms with Crippen molar-refractivity contribution in [3.63, 3.8) is 0 Å². The summed E-state index contributed by atoms with van der Waals surface area (Å²) in [6.45, 7) is 1.62. The molecule has 1 heterocycles. The van der Waals surface area contributed by atoms with E-state index < -0.39 is 10.9 Å². The van der Waals surface area contributed by atoms with Crippen LogP contribution in [0.2, 0.25) is 0 Å². The predicted octanol–water partition coefficient (Wildman–Crippen LogP) is 5.31. The second-order valence-electron chi connectivity index (χ2n) is 6.53. The number of nitro benzene ring substituents is 1. The van der Waals surface area contributed by atoms with E-state index in [1.807, 2.05) is 42.5 Å². The largest absolute Gasteiger partial charge is 0.413 e. The molecule has 0 bridgehead atoms. The smallest absolute Gasteiger partial charge is 0.339 e. The van der Waals surface area contributed by atoms with Crippen LogP contribution < -0.4 is 4.74 Å². The number of nitrogens with zero attached hydrogens (tertiary/aromatic N) is 2. The van der Waals surface area contributed by atoms with Gasteiger partial charge in [0.05, 0.1) is 4.92 Å². The fourth-order valence-corrected chi connectivity index (χ4v) is 3.19. The second-order valence-corrected chi connectivity index (χ2v) is 6.53. The Morgan fingerprint density at radius 1 is 1.00 bits per heavy atom. The van der Waals surface area contributed by atoms with Crippen molar-refractivity contribution in [3.8, 4) is 5.75 Å². The van der Waals surface area contributed by atoms with E-state index in [9.17, 15) is 14.9 Å². The lowest BCUT2D eigenvalue weighted by Crippen LogP contribution is -2.11. The molecule has 1 aromatic heterocycles. The quantitative estimate of drug-likeness (QED) is 0.157. The lowest BCUT2D eigenvalue weighted by Gasteiger charge is -2.09. The predicted molar refractivity (Wildman–Crippen MR) is 112 cm³/mol. The van der Waals surface area contributed by atoms with Crippen LogP contribution >= 0.6 is 0 Å². The molecule has 6 heteroatoms. The third kappa shape index (κ3) is 3.55. The van der Waals surface area contributed by atoms with E-state index in [1.54, 1.807) is 31.2 Å². The SMILES string of the molecule is C/C(=C\c1cccc2ccccc12)C(=O)Oc1c([N+](=O)[O-])ccc2cccnc12. The first kappa shape index (κ1) is 18.3. The Labute approximate surface area is 166 Å². The van der Waals surface area contributed by atoms with Crippen molar-refractivity contribution in [1.82, 2.24) is 4.98 Å². The van der Waals surface area contributed by atoms with Gasteiger partial charge in [-0.1, -0.05) is 48.5 Å². The highest BCUT2D eigenvalue weighted by molar-refractivity contribution is 6.00. The minimum absolute atomic E-state index is 0.149. The summed E-state index contributed by atoms with van der Waals surface area (Å²) in [5.74, 6) is -0.817. The van der Waals surface area contributed by atoms with Gasteiger partial charge in [0, 0.05) is 23.2 Å². The fourth-order valence-electron chi connectivity index (χ4n) is 3.19. The van der Waals surface area contributed by atoms with Crippen molar-refractivity contribution in [2.75, 3.05) is 0 Å². The minimum atomic E-state index is -0.667. The van der Waals surface area contributed by atoms with Crippen molar-refractivity contribution < 1.29 is 14.5 Å². The highest BCUT2D eigenvalue weighted by Gasteiger charge is 2.22. The van der Waals surface area contributed by atoms with E-state index in [0.717, 1.165) is 16.3 Å². The Morgan fingerprint density at radius 3 is 2.59 bits per heavy atom. The number of aromatic nitrogens is 1. The third-order valence-corrected chi connectivity index (χ3v) is 4.62. The lowest BCUT2D eigenvalue weighted by atomic mass is 10.0. The van der Waals surface area contributed by atoms with E-state index in [1.165, 1.54) is 12.3 Å². The second kappa shape index (κ2) is 7.52. The lowest BCUT2D eigenvalue weighted by molar-refractivity contribution is -0.385. The zero-order chi connectivity index (χ0) is 20.4. The maximum absolute atomic E-state index is 12.7. The van der Waals surface area contributed by atoms with Crippen molar-refractivity contribution in [2.45, 2.75) is 6.92 Å². The Morgan fingerprint density at radius 2 is 1.76 bits per heavy atom. The molecule has 4 aromatic rings. The van der Waals surface area contributed by atoms with Gasteiger partial charge in [-0.15, -0.1) is 0 Å². The topological polar surface area (TPSA) is 82.3 Å². The number of nitro groups is 1. The van der Waals surface area contributed by atoms with Gasteiger partial charge >= 0.3 is 11.7 Å². The molecule has 3 aromatic carbocycles. The number of fused-ring (bicyclic) bond motifs is 2. The van der Waals surface area contributed by atoms with Crippen molar-refractivity contribution >= 4 is 39.4 Å². The molecule has 0 saturated heterocycles.